The molecule has 2 aliphatic heterocycles. The van der Waals surface area contributed by atoms with E-state index in [1.807, 2.05) is 47.3 Å². The third-order valence-electron chi connectivity index (χ3n) is 4.76. The van der Waals surface area contributed by atoms with Gasteiger partial charge in [0.05, 0.1) is 23.6 Å². The molecule has 0 bridgehead atoms. The van der Waals surface area contributed by atoms with Crippen molar-refractivity contribution in [1.82, 2.24) is 4.90 Å². The van der Waals surface area contributed by atoms with Gasteiger partial charge in [-0.2, -0.15) is 0 Å². The maximum atomic E-state index is 12.3. The van der Waals surface area contributed by atoms with Gasteiger partial charge in [0, 0.05) is 12.1 Å². The molecule has 1 amide bonds. The van der Waals surface area contributed by atoms with Crippen molar-refractivity contribution in [3.05, 3.63) is 71.2 Å². The summed E-state index contributed by atoms with van der Waals surface area (Å²) in [6.07, 6.45) is 2.97. The van der Waals surface area contributed by atoms with E-state index < -0.39 is 29.3 Å². The van der Waals surface area contributed by atoms with Crippen molar-refractivity contribution < 1.29 is 29.1 Å². The van der Waals surface area contributed by atoms with E-state index in [0.29, 0.717) is 12.3 Å². The predicted molar refractivity (Wildman–Crippen MR) is 98.2 cm³/mol. The molecule has 0 radical (unpaired) electrons. The molecule has 1 saturated heterocycles. The lowest BCUT2D eigenvalue weighted by Gasteiger charge is -2.44. The first-order valence-corrected chi connectivity index (χ1v) is 9.68. The van der Waals surface area contributed by atoms with Crippen molar-refractivity contribution in [2.45, 2.75) is 24.9 Å². The van der Waals surface area contributed by atoms with E-state index in [1.165, 1.54) is 6.92 Å². The van der Waals surface area contributed by atoms with E-state index in [-0.39, 0.29) is 10.8 Å². The molecule has 1 fully saturated rings. The normalized spacial score (nSPS) is 21.9. The first-order valence-electron chi connectivity index (χ1n) is 8.80. The molecule has 7 nitrogen and oxygen atoms in total. The highest BCUT2D eigenvalue weighted by atomic mass is 32.2. The summed E-state index contributed by atoms with van der Waals surface area (Å²) in [6.45, 7) is 2.06. The van der Waals surface area contributed by atoms with Crippen LogP contribution in [-0.4, -0.2) is 33.4 Å². The molecule has 3 atom stereocenters. The number of β-lactam (4-membered cyclic amide) rings is 1. The number of thioether (sulfide) groups is 1. The summed E-state index contributed by atoms with van der Waals surface area (Å²) in [4.78, 5) is 25.1. The van der Waals surface area contributed by atoms with E-state index >= 15 is 0 Å². The zero-order chi connectivity index (χ0) is 19.8. The molecule has 1 aromatic heterocycles. The number of ether oxygens (including phenoxy) is 1. The van der Waals surface area contributed by atoms with Gasteiger partial charge in [-0.15, -0.1) is 0 Å². The number of pyridine rings is 1. The fraction of sp³-hybridized carbons (Fsp3) is 0.250. The number of para-hydroxylation sites is 1. The number of hydrogen-bond acceptors (Lipinski definition) is 6. The lowest BCUT2D eigenvalue weighted by molar-refractivity contribution is -0.688. The van der Waals surface area contributed by atoms with Gasteiger partial charge in [-0.3, -0.25) is 9.69 Å². The van der Waals surface area contributed by atoms with Crippen LogP contribution in [0.5, 0.6) is 5.75 Å². The topological polar surface area (TPSA) is 93.8 Å². The number of fused-ring (bicyclic) bond motifs is 1. The molecule has 0 saturated carbocycles. The van der Waals surface area contributed by atoms with Gasteiger partial charge in [0.1, 0.15) is 16.8 Å². The van der Waals surface area contributed by atoms with Gasteiger partial charge >= 0.3 is 0 Å². The fourth-order valence-electron chi connectivity index (χ4n) is 3.38. The number of hydrogen-bond donors (Lipinski definition) is 1. The Kier molecular flexibility index (Phi) is 4.82. The van der Waals surface area contributed by atoms with Crippen LogP contribution in [0.4, 0.5) is 0 Å². The first kappa shape index (κ1) is 18.5. The van der Waals surface area contributed by atoms with Gasteiger partial charge in [-0.1, -0.05) is 30.0 Å². The molecule has 144 valence electrons. The third kappa shape index (κ3) is 3.14. The summed E-state index contributed by atoms with van der Waals surface area (Å²) in [6, 6.07) is 13.1. The molecule has 28 heavy (non-hydrogen) atoms. The molecule has 0 aliphatic carbocycles. The molecule has 0 unspecified atom stereocenters. The van der Waals surface area contributed by atoms with E-state index in [0.717, 1.165) is 22.2 Å². The quantitative estimate of drug-likeness (QED) is 0.553. The van der Waals surface area contributed by atoms with Crippen LogP contribution in [0.25, 0.3) is 0 Å². The van der Waals surface area contributed by atoms with Gasteiger partial charge in [-0.05, 0) is 19.1 Å². The number of rotatable bonds is 6. The monoisotopic (exact) mass is 398 g/mol. The number of carboxylic acids is 1. The predicted octanol–water partition coefficient (Wildman–Crippen LogP) is 0.232. The number of carboxylic acid groups (broad SMARTS) is 1. The molecule has 1 N–H and O–H groups in total. The highest BCUT2D eigenvalue weighted by Gasteiger charge is 2.57. The largest absolute Gasteiger partial charge is 0.543 e. The summed E-state index contributed by atoms with van der Waals surface area (Å²) in [5.74, 6) is -2.06. The van der Waals surface area contributed by atoms with Crippen molar-refractivity contribution in [3.63, 3.8) is 0 Å². The Balaban J connectivity index is 1.63. The lowest BCUT2D eigenvalue weighted by atomic mass is 9.92. The Morgan fingerprint density at radius 3 is 2.68 bits per heavy atom. The summed E-state index contributed by atoms with van der Waals surface area (Å²) in [7, 11) is 0. The summed E-state index contributed by atoms with van der Waals surface area (Å²) < 4.78 is 7.91. The first-order chi connectivity index (χ1) is 13.5. The van der Waals surface area contributed by atoms with Crippen molar-refractivity contribution in [2.24, 2.45) is 5.92 Å². The number of aliphatic hydroxyl groups is 1. The molecule has 2 aromatic rings. The minimum absolute atomic E-state index is 0.104. The van der Waals surface area contributed by atoms with Crippen LogP contribution in [0.15, 0.2) is 65.6 Å². The number of aromatic nitrogens is 1. The van der Waals surface area contributed by atoms with Crippen LogP contribution in [0.1, 0.15) is 12.5 Å². The number of aliphatic hydroxyl groups excluding tert-OH is 1. The second-order valence-corrected chi connectivity index (χ2v) is 7.75. The average Bonchev–Trinajstić information content (AvgIpc) is 2.98. The van der Waals surface area contributed by atoms with Crippen molar-refractivity contribution in [1.29, 1.82) is 0 Å². The van der Waals surface area contributed by atoms with Crippen LogP contribution >= 0.6 is 11.8 Å². The second-order valence-electron chi connectivity index (χ2n) is 6.66. The van der Waals surface area contributed by atoms with Crippen LogP contribution < -0.4 is 14.4 Å². The smallest absolute Gasteiger partial charge is 0.236 e. The van der Waals surface area contributed by atoms with Crippen LogP contribution in [-0.2, 0) is 16.1 Å². The Morgan fingerprint density at radius 2 is 2.00 bits per heavy atom. The summed E-state index contributed by atoms with van der Waals surface area (Å²) in [5.41, 5.74) is 0.580. The van der Waals surface area contributed by atoms with Gasteiger partial charge < -0.3 is 19.7 Å². The Morgan fingerprint density at radius 1 is 1.29 bits per heavy atom. The van der Waals surface area contributed by atoms with Crippen LogP contribution in [0.2, 0.25) is 0 Å². The molecule has 4 rings (SSSR count). The zero-order valence-corrected chi connectivity index (χ0v) is 15.8. The van der Waals surface area contributed by atoms with Crippen molar-refractivity contribution in [2.75, 3.05) is 0 Å². The van der Waals surface area contributed by atoms with Crippen molar-refractivity contribution >= 4 is 23.6 Å². The third-order valence-corrected chi connectivity index (χ3v) is 6.00. The maximum absolute atomic E-state index is 12.3. The van der Waals surface area contributed by atoms with E-state index in [2.05, 4.69) is 0 Å². The molecule has 2 aliphatic rings. The molecule has 8 heteroatoms. The standard InChI is InChI=1S/C20H18N2O5S/c1-12(23)15-17(24)22-16(19(25)26)20(28-18(15)22)27-14-8-4-3-7-13(14)11-21-9-5-2-6-10-21/h2-10,12,15,18,23H,11H2,1H3/t12-,15+,18-/m1/s1. The average molecular weight is 398 g/mol. The Bertz CT molecular complexity index is 960. The van der Waals surface area contributed by atoms with E-state index in [4.69, 9.17) is 4.74 Å². The lowest BCUT2D eigenvalue weighted by Crippen LogP contribution is -2.61. The van der Waals surface area contributed by atoms with E-state index in [1.54, 1.807) is 12.1 Å². The second kappa shape index (κ2) is 7.29. The Labute approximate surface area is 165 Å². The van der Waals surface area contributed by atoms with Crippen LogP contribution in [0, 0.1) is 5.92 Å². The molecular weight excluding hydrogens is 380 g/mol. The number of nitrogens with zero attached hydrogens (tertiary/aromatic N) is 2. The van der Waals surface area contributed by atoms with Crippen molar-refractivity contribution in [3.8, 4) is 5.75 Å². The molecule has 0 spiro atoms. The highest BCUT2D eigenvalue weighted by Crippen LogP contribution is 2.50. The van der Waals surface area contributed by atoms with Gasteiger partial charge in [0.2, 0.25) is 5.91 Å². The van der Waals surface area contributed by atoms with E-state index in [9.17, 15) is 19.8 Å². The minimum Gasteiger partial charge on any atom is -0.543 e. The maximum Gasteiger partial charge on any atom is 0.236 e. The molecular formula is C20H18N2O5S. The number of carbonyl (C=O) groups is 2. The van der Waals surface area contributed by atoms with Gasteiger partial charge in [0.15, 0.2) is 24.0 Å². The SMILES string of the molecule is C[C@@H](O)[C@H]1C(=O)N2C(C(=O)[O-])=C(Oc3ccccc3C[n+]3ccccc3)S[C@H]12. The number of aliphatic carboxylic acids is 1. The zero-order valence-electron chi connectivity index (χ0n) is 15.0. The minimum atomic E-state index is -1.47. The number of amides is 1. The molecule has 1 aromatic carbocycles. The van der Waals surface area contributed by atoms with Gasteiger partial charge in [0.25, 0.3) is 0 Å². The van der Waals surface area contributed by atoms with Gasteiger partial charge in [-0.25, -0.2) is 4.57 Å². The van der Waals surface area contributed by atoms with Crippen LogP contribution in [0.3, 0.4) is 0 Å². The Hall–Kier alpha value is -2.84. The highest BCUT2D eigenvalue weighted by molar-refractivity contribution is 8.03. The fourth-order valence-corrected chi connectivity index (χ4v) is 4.84. The number of benzene rings is 1. The molecule has 3 heterocycles. The summed E-state index contributed by atoms with van der Waals surface area (Å²) >= 11 is 1.12. The summed E-state index contributed by atoms with van der Waals surface area (Å²) in [5, 5.41) is 21.1. The number of carbonyl (C=O) groups excluding carboxylic acids is 2.